The lowest BCUT2D eigenvalue weighted by molar-refractivity contribution is -0.345. The van der Waals surface area contributed by atoms with E-state index in [0.29, 0.717) is 5.57 Å². The maximum atomic E-state index is 14.8. The van der Waals surface area contributed by atoms with Crippen LogP contribution in [0.5, 0.6) is 0 Å². The molecule has 266 valence electrons. The van der Waals surface area contributed by atoms with Crippen molar-refractivity contribution in [1.82, 2.24) is 0 Å². The molecule has 2 bridgehead atoms. The third-order valence-corrected chi connectivity index (χ3v) is 12.0. The average molecular weight is 691 g/mol. The van der Waals surface area contributed by atoms with Crippen molar-refractivity contribution >= 4 is 23.7 Å². The average Bonchev–Trinajstić information content (AvgIpc) is 3.88. The zero-order valence-corrected chi connectivity index (χ0v) is 28.5. The third-order valence-electron chi connectivity index (χ3n) is 12.0. The predicted octanol–water partition coefficient (Wildman–Crippen LogP) is 2.77. The van der Waals surface area contributed by atoms with Crippen LogP contribution in [0.2, 0.25) is 0 Å². The fourth-order valence-electron chi connectivity index (χ4n) is 9.17. The Bertz CT molecular complexity index is 1750. The minimum Gasteiger partial charge on any atom is -0.456 e. The quantitative estimate of drug-likeness (QED) is 0.175. The van der Waals surface area contributed by atoms with Crippen LogP contribution in [0, 0.1) is 16.7 Å². The molecule has 2 heterocycles. The molecule has 2 saturated carbocycles. The number of fused-ring (bicyclic) bond motifs is 5. The highest BCUT2D eigenvalue weighted by atomic mass is 16.6. The molecule has 3 aliphatic carbocycles. The smallest absolute Gasteiger partial charge is 0.339 e. The summed E-state index contributed by atoms with van der Waals surface area (Å²) in [5, 5.41) is 37.1. The van der Waals surface area contributed by atoms with Gasteiger partial charge in [0.05, 0.1) is 29.6 Å². The molecule has 0 spiro atoms. The lowest BCUT2D eigenvalue weighted by Crippen LogP contribution is -2.81. The molecule has 12 heteroatoms. The topological polar surface area (TPSA) is 178 Å². The van der Waals surface area contributed by atoms with Gasteiger partial charge < -0.3 is 39.0 Å². The first-order valence-corrected chi connectivity index (χ1v) is 16.9. The molecule has 3 N–H and O–H groups in total. The molecule has 50 heavy (non-hydrogen) atoms. The highest BCUT2D eigenvalue weighted by Crippen LogP contribution is 2.64. The van der Waals surface area contributed by atoms with Crippen LogP contribution in [0.25, 0.3) is 0 Å². The van der Waals surface area contributed by atoms with E-state index in [1.807, 2.05) is 30.3 Å². The number of hydrogen-bond acceptors (Lipinski definition) is 12. The number of epoxide rings is 1. The van der Waals surface area contributed by atoms with Crippen molar-refractivity contribution in [2.24, 2.45) is 16.7 Å². The van der Waals surface area contributed by atoms with Crippen molar-refractivity contribution in [3.05, 3.63) is 82.9 Å². The van der Waals surface area contributed by atoms with Gasteiger partial charge in [-0.1, -0.05) is 62.4 Å². The van der Waals surface area contributed by atoms with E-state index in [0.717, 1.165) is 5.56 Å². The van der Waals surface area contributed by atoms with E-state index in [4.69, 9.17) is 23.7 Å². The fourth-order valence-corrected chi connectivity index (χ4v) is 9.17. The number of Topliss-reactive ketones (excluding diaryl/α,β-unsaturated/α-hetero) is 1. The van der Waals surface area contributed by atoms with Crippen LogP contribution in [0.3, 0.4) is 0 Å². The summed E-state index contributed by atoms with van der Waals surface area (Å²) < 4.78 is 29.8. The Balaban J connectivity index is 1.38. The largest absolute Gasteiger partial charge is 0.456 e. The van der Waals surface area contributed by atoms with E-state index in [9.17, 15) is 34.5 Å². The fraction of sp³-hybridized carbons (Fsp3) is 0.526. The van der Waals surface area contributed by atoms with Crippen LogP contribution in [-0.4, -0.2) is 93.4 Å². The Morgan fingerprint density at radius 1 is 0.940 bits per heavy atom. The van der Waals surface area contributed by atoms with Gasteiger partial charge in [0, 0.05) is 25.2 Å². The monoisotopic (exact) mass is 690 g/mol. The summed E-state index contributed by atoms with van der Waals surface area (Å²) in [6, 6.07) is 17.2. The van der Waals surface area contributed by atoms with Crippen LogP contribution in [-0.2, 0) is 38.1 Å². The Hall–Kier alpha value is -3.94. The zero-order valence-electron chi connectivity index (χ0n) is 28.5. The van der Waals surface area contributed by atoms with Crippen LogP contribution in [0.1, 0.15) is 69.5 Å². The minimum absolute atomic E-state index is 0.0755. The number of aliphatic hydroxyl groups is 3. The lowest BCUT2D eigenvalue weighted by atomic mass is 9.44. The summed E-state index contributed by atoms with van der Waals surface area (Å²) in [5.41, 5.74) is -5.88. The second kappa shape index (κ2) is 11.8. The summed E-state index contributed by atoms with van der Waals surface area (Å²) in [5.74, 6) is -4.49. The number of benzene rings is 2. The normalized spacial score (nSPS) is 39.8. The molecule has 11 atom stereocenters. The van der Waals surface area contributed by atoms with Gasteiger partial charge in [0.1, 0.15) is 36.1 Å². The number of carbonyl (C=O) groups is 4. The van der Waals surface area contributed by atoms with Crippen molar-refractivity contribution in [2.45, 2.75) is 101 Å². The molecule has 3 unspecified atom stereocenters. The maximum Gasteiger partial charge on any atom is 0.339 e. The lowest BCUT2D eigenvalue weighted by Gasteiger charge is -2.67. The van der Waals surface area contributed by atoms with Crippen LogP contribution in [0.15, 0.2) is 71.8 Å². The highest BCUT2D eigenvalue weighted by Gasteiger charge is 2.78. The molecule has 2 aliphatic heterocycles. The Kier molecular flexibility index (Phi) is 8.15. The number of carbonyl (C=O) groups excluding carboxylic acids is 4. The summed E-state index contributed by atoms with van der Waals surface area (Å²) in [4.78, 5) is 55.0. The molecule has 7 rings (SSSR count). The molecule has 2 aromatic rings. The summed E-state index contributed by atoms with van der Waals surface area (Å²) >= 11 is 0. The first kappa shape index (κ1) is 34.5. The van der Waals surface area contributed by atoms with E-state index >= 15 is 0 Å². The molecule has 0 amide bonds. The van der Waals surface area contributed by atoms with Gasteiger partial charge in [0.2, 0.25) is 0 Å². The Morgan fingerprint density at radius 2 is 1.58 bits per heavy atom. The van der Waals surface area contributed by atoms with Gasteiger partial charge in [-0.3, -0.25) is 9.59 Å². The molecular weight excluding hydrogens is 648 g/mol. The van der Waals surface area contributed by atoms with Gasteiger partial charge in [-0.2, -0.15) is 0 Å². The van der Waals surface area contributed by atoms with Gasteiger partial charge in [-0.25, -0.2) is 9.59 Å². The van der Waals surface area contributed by atoms with Crippen molar-refractivity contribution in [3.8, 4) is 0 Å². The first-order valence-electron chi connectivity index (χ1n) is 16.9. The van der Waals surface area contributed by atoms with Crippen molar-refractivity contribution in [1.29, 1.82) is 0 Å². The third kappa shape index (κ3) is 4.90. The summed E-state index contributed by atoms with van der Waals surface area (Å²) in [7, 11) is 0. The van der Waals surface area contributed by atoms with E-state index in [1.165, 1.54) is 26.0 Å². The van der Waals surface area contributed by atoms with Crippen molar-refractivity contribution in [3.63, 3.8) is 0 Å². The van der Waals surface area contributed by atoms with E-state index in [-0.39, 0.29) is 30.6 Å². The molecule has 2 aromatic carbocycles. The number of hydrogen-bond donors (Lipinski definition) is 3. The van der Waals surface area contributed by atoms with Gasteiger partial charge in [-0.15, -0.1) is 0 Å². The Labute approximate surface area is 289 Å². The predicted molar refractivity (Wildman–Crippen MR) is 173 cm³/mol. The summed E-state index contributed by atoms with van der Waals surface area (Å²) in [6.45, 7) is 7.27. The SMILES string of the molecule is CC(=O)O[C@@]12CO[C@@H]1C[C@H](O)[C@@]1(C)C(=O)[C@H](O)C3=C(C)C(OC(=O)[C@@H]4O[C@@H]4c4ccccc4)C[C@@](O)(C(OC(=O)c4ccccc4)C12)C3(C)C. The van der Waals surface area contributed by atoms with Crippen LogP contribution < -0.4 is 0 Å². The first-order chi connectivity index (χ1) is 23.6. The van der Waals surface area contributed by atoms with E-state index in [1.54, 1.807) is 39.0 Å². The van der Waals surface area contributed by atoms with Crippen LogP contribution >= 0.6 is 0 Å². The molecule has 2 saturated heterocycles. The van der Waals surface area contributed by atoms with E-state index < -0.39 is 94.4 Å². The molecule has 4 fully saturated rings. The summed E-state index contributed by atoms with van der Waals surface area (Å²) in [6.07, 6.45) is -9.00. The maximum absolute atomic E-state index is 14.8. The molecule has 5 aliphatic rings. The number of esters is 3. The molecule has 0 aromatic heterocycles. The van der Waals surface area contributed by atoms with Gasteiger partial charge in [0.25, 0.3) is 0 Å². The second-order valence-electron chi connectivity index (χ2n) is 15.0. The van der Waals surface area contributed by atoms with Gasteiger partial charge in [-0.05, 0) is 42.7 Å². The number of ketones is 1. The van der Waals surface area contributed by atoms with Crippen LogP contribution in [0.4, 0.5) is 0 Å². The van der Waals surface area contributed by atoms with Gasteiger partial charge in [0.15, 0.2) is 17.5 Å². The zero-order chi connectivity index (χ0) is 36.0. The van der Waals surface area contributed by atoms with E-state index in [2.05, 4.69) is 0 Å². The highest BCUT2D eigenvalue weighted by molar-refractivity contribution is 5.94. The molecule has 12 nitrogen and oxygen atoms in total. The van der Waals surface area contributed by atoms with Crippen molar-refractivity contribution in [2.75, 3.05) is 6.61 Å². The number of ether oxygens (including phenoxy) is 5. The molecule has 0 radical (unpaired) electrons. The van der Waals surface area contributed by atoms with Crippen molar-refractivity contribution < 1.29 is 58.2 Å². The number of aliphatic hydroxyl groups excluding tert-OH is 2. The molecular formula is C38H42O12. The Morgan fingerprint density at radius 3 is 2.18 bits per heavy atom. The number of rotatable bonds is 6. The second-order valence-corrected chi connectivity index (χ2v) is 15.0. The minimum atomic E-state index is -2.18. The van der Waals surface area contributed by atoms with Gasteiger partial charge >= 0.3 is 17.9 Å². The standard InChI is InChI=1S/C38H42O12/c1-19-23(47-34(44)29-28(48-29)21-12-8-6-9-13-21)17-38(45)32(49-33(43)22-14-10-7-11-15-22)30-36(5,31(42)27(41)26(19)35(38,3)4)24(40)16-25-37(30,18-46-25)50-20(2)39/h6-15,23-25,27-30,32,40-41,45H,16-18H2,1-5H3/t23?,24-,25+,27+,28+,29+,30?,32?,36+,37-,38+/m0/s1.